The second kappa shape index (κ2) is 6.91. The van der Waals surface area contributed by atoms with Gasteiger partial charge in [-0.25, -0.2) is 0 Å². The third-order valence-corrected chi connectivity index (χ3v) is 4.41. The maximum Gasteiger partial charge on any atom is 0.306 e. The molecule has 1 atom stereocenters. The van der Waals surface area contributed by atoms with Gasteiger partial charge in [0.15, 0.2) is 0 Å². The molecule has 0 aliphatic heterocycles. The zero-order valence-electron chi connectivity index (χ0n) is 14.6. The van der Waals surface area contributed by atoms with Crippen LogP contribution in [-0.4, -0.2) is 35.4 Å². The molecular formula is C18H19N3O5. The van der Waals surface area contributed by atoms with Crippen LogP contribution in [0.5, 0.6) is 5.75 Å². The predicted molar refractivity (Wildman–Crippen MR) is 95.7 cm³/mol. The lowest BCUT2D eigenvalue weighted by atomic mass is 9.89. The summed E-state index contributed by atoms with van der Waals surface area (Å²) in [5.74, 6) is -0.618. The van der Waals surface area contributed by atoms with E-state index < -0.39 is 11.9 Å². The first-order valence-corrected chi connectivity index (χ1v) is 7.99. The van der Waals surface area contributed by atoms with Gasteiger partial charge in [-0.2, -0.15) is 0 Å². The van der Waals surface area contributed by atoms with Crippen molar-refractivity contribution in [1.82, 2.24) is 15.2 Å². The number of ether oxygens (including phenoxy) is 2. The van der Waals surface area contributed by atoms with Crippen molar-refractivity contribution in [1.29, 1.82) is 0 Å². The zero-order chi connectivity index (χ0) is 18.8. The third-order valence-electron chi connectivity index (χ3n) is 4.41. The first-order chi connectivity index (χ1) is 12.4. The number of benzene rings is 1. The Hall–Kier alpha value is -3.29. The number of hydrogen-bond acceptors (Lipinski definition) is 5. The van der Waals surface area contributed by atoms with Crippen molar-refractivity contribution in [3.8, 4) is 5.75 Å². The van der Waals surface area contributed by atoms with Crippen molar-refractivity contribution in [2.45, 2.75) is 19.3 Å². The molecule has 8 heteroatoms. The Morgan fingerprint density at radius 3 is 2.50 bits per heavy atom. The van der Waals surface area contributed by atoms with Crippen molar-refractivity contribution < 1.29 is 14.3 Å². The molecule has 0 bridgehead atoms. The molecule has 0 radical (unpaired) electrons. The van der Waals surface area contributed by atoms with Crippen molar-refractivity contribution in [3.05, 3.63) is 61.8 Å². The van der Waals surface area contributed by atoms with Gasteiger partial charge in [0.1, 0.15) is 5.75 Å². The standard InChI is InChI=1S/C18H19N3O5/c1-9-16(18(24)21-20-9)12(8-15(22)26-3)13-7-10-6-11(25-2)4-5-14(10)19-17(13)23/h4-7,12H,8H2,1-3H3,(H,19,23)(H2,20,21,24)/t12-/m1/s1. The van der Waals surface area contributed by atoms with Crippen molar-refractivity contribution in [2.75, 3.05) is 14.2 Å². The number of nitrogens with one attached hydrogen (secondary N) is 3. The van der Waals surface area contributed by atoms with Gasteiger partial charge in [0.25, 0.3) is 11.1 Å². The topological polar surface area (TPSA) is 117 Å². The van der Waals surface area contributed by atoms with Crippen LogP contribution in [0.4, 0.5) is 0 Å². The zero-order valence-corrected chi connectivity index (χ0v) is 14.6. The summed E-state index contributed by atoms with van der Waals surface area (Å²) in [6, 6.07) is 6.93. The molecule has 26 heavy (non-hydrogen) atoms. The lowest BCUT2D eigenvalue weighted by molar-refractivity contribution is -0.140. The van der Waals surface area contributed by atoms with E-state index >= 15 is 0 Å². The highest BCUT2D eigenvalue weighted by atomic mass is 16.5. The van der Waals surface area contributed by atoms with Gasteiger partial charge in [-0.1, -0.05) is 0 Å². The lowest BCUT2D eigenvalue weighted by Gasteiger charge is -2.15. The number of fused-ring (bicyclic) bond motifs is 1. The summed E-state index contributed by atoms with van der Waals surface area (Å²) in [7, 11) is 2.82. The molecule has 0 saturated heterocycles. The number of carbonyl (C=O) groups excluding carboxylic acids is 1. The van der Waals surface area contributed by atoms with Crippen molar-refractivity contribution in [2.24, 2.45) is 0 Å². The molecule has 0 aliphatic carbocycles. The summed E-state index contributed by atoms with van der Waals surface area (Å²) >= 11 is 0. The minimum absolute atomic E-state index is 0.128. The van der Waals surface area contributed by atoms with Crippen LogP contribution in [0.1, 0.15) is 29.2 Å². The quantitative estimate of drug-likeness (QED) is 0.599. The van der Waals surface area contributed by atoms with Gasteiger partial charge in [0, 0.05) is 33.6 Å². The minimum Gasteiger partial charge on any atom is -0.497 e. The van der Waals surface area contributed by atoms with Gasteiger partial charge in [0.2, 0.25) is 0 Å². The summed E-state index contributed by atoms with van der Waals surface area (Å²) < 4.78 is 9.97. The number of carbonyl (C=O) groups is 1. The van der Waals surface area contributed by atoms with Crippen LogP contribution in [0, 0.1) is 6.92 Å². The molecule has 8 nitrogen and oxygen atoms in total. The van der Waals surface area contributed by atoms with Gasteiger partial charge >= 0.3 is 5.97 Å². The maximum atomic E-state index is 12.7. The van der Waals surface area contributed by atoms with Gasteiger partial charge in [-0.15, -0.1) is 0 Å². The highest BCUT2D eigenvalue weighted by Crippen LogP contribution is 2.28. The summed E-state index contributed by atoms with van der Waals surface area (Å²) in [6.45, 7) is 1.70. The summed E-state index contributed by atoms with van der Waals surface area (Å²) in [4.78, 5) is 39.6. The van der Waals surface area contributed by atoms with Crippen LogP contribution >= 0.6 is 0 Å². The van der Waals surface area contributed by atoms with Crippen LogP contribution in [0.25, 0.3) is 10.9 Å². The highest BCUT2D eigenvalue weighted by Gasteiger charge is 2.27. The fraction of sp³-hybridized carbons (Fsp3) is 0.278. The Morgan fingerprint density at radius 2 is 1.88 bits per heavy atom. The summed E-state index contributed by atoms with van der Waals surface area (Å²) in [5.41, 5.74) is 1.11. The molecule has 2 heterocycles. The van der Waals surface area contributed by atoms with Crippen LogP contribution < -0.4 is 15.9 Å². The van der Waals surface area contributed by atoms with E-state index in [9.17, 15) is 14.4 Å². The second-order valence-electron chi connectivity index (χ2n) is 5.96. The molecule has 2 aromatic heterocycles. The van der Waals surface area contributed by atoms with E-state index in [1.807, 2.05) is 0 Å². The van der Waals surface area contributed by atoms with E-state index in [2.05, 4.69) is 15.2 Å². The Labute approximate surface area is 148 Å². The molecule has 3 aromatic rings. The lowest BCUT2D eigenvalue weighted by Crippen LogP contribution is -2.23. The minimum atomic E-state index is -0.739. The number of hydrogen-bond donors (Lipinski definition) is 3. The fourth-order valence-corrected chi connectivity index (χ4v) is 3.08. The number of methoxy groups -OCH3 is 2. The molecule has 136 valence electrons. The fourth-order valence-electron chi connectivity index (χ4n) is 3.08. The molecule has 0 spiro atoms. The molecule has 0 aliphatic rings. The van der Waals surface area contributed by atoms with E-state index in [0.29, 0.717) is 28.1 Å². The molecule has 1 aromatic carbocycles. The van der Waals surface area contributed by atoms with E-state index in [4.69, 9.17) is 9.47 Å². The Balaban J connectivity index is 2.23. The van der Waals surface area contributed by atoms with Crippen molar-refractivity contribution >= 4 is 16.9 Å². The molecular weight excluding hydrogens is 338 g/mol. The van der Waals surface area contributed by atoms with Crippen LogP contribution in [0.3, 0.4) is 0 Å². The van der Waals surface area contributed by atoms with E-state index in [-0.39, 0.29) is 17.5 Å². The van der Waals surface area contributed by atoms with Crippen LogP contribution in [-0.2, 0) is 9.53 Å². The van der Waals surface area contributed by atoms with Gasteiger partial charge in [-0.05, 0) is 31.2 Å². The second-order valence-corrected chi connectivity index (χ2v) is 5.96. The number of pyridine rings is 1. The number of aryl methyl sites for hydroxylation is 1. The monoisotopic (exact) mass is 357 g/mol. The summed E-state index contributed by atoms with van der Waals surface area (Å²) in [6.07, 6.45) is -0.128. The highest BCUT2D eigenvalue weighted by molar-refractivity contribution is 5.81. The Kier molecular flexibility index (Phi) is 4.66. The number of rotatable bonds is 5. The van der Waals surface area contributed by atoms with Gasteiger partial charge in [-0.3, -0.25) is 19.5 Å². The SMILES string of the molecule is COC(=O)C[C@H](c1cc2cc(OC)ccc2[nH]c1=O)c1c(C)[nH][nH]c1=O. The first kappa shape index (κ1) is 17.5. The molecule has 0 amide bonds. The number of aromatic amines is 3. The van der Waals surface area contributed by atoms with Crippen molar-refractivity contribution in [3.63, 3.8) is 0 Å². The van der Waals surface area contributed by atoms with E-state index in [1.54, 1.807) is 38.3 Å². The predicted octanol–water partition coefficient (Wildman–Crippen LogP) is 1.56. The maximum absolute atomic E-state index is 12.7. The molecule has 0 unspecified atom stereocenters. The Morgan fingerprint density at radius 1 is 1.12 bits per heavy atom. The smallest absolute Gasteiger partial charge is 0.306 e. The number of esters is 1. The molecule has 3 N–H and O–H groups in total. The average Bonchev–Trinajstić information content (AvgIpc) is 2.97. The number of H-pyrrole nitrogens is 3. The van der Waals surface area contributed by atoms with E-state index in [0.717, 1.165) is 5.39 Å². The third kappa shape index (κ3) is 3.13. The average molecular weight is 357 g/mol. The largest absolute Gasteiger partial charge is 0.497 e. The number of aromatic nitrogens is 3. The van der Waals surface area contributed by atoms with Gasteiger partial charge < -0.3 is 19.6 Å². The van der Waals surface area contributed by atoms with Gasteiger partial charge in [0.05, 0.1) is 20.6 Å². The normalized spacial score (nSPS) is 12.1. The molecule has 0 saturated carbocycles. The Bertz CT molecular complexity index is 1080. The van der Waals surface area contributed by atoms with Crippen LogP contribution in [0.2, 0.25) is 0 Å². The first-order valence-electron chi connectivity index (χ1n) is 7.99. The molecule has 0 fully saturated rings. The van der Waals surface area contributed by atoms with E-state index in [1.165, 1.54) is 7.11 Å². The molecule has 3 rings (SSSR count). The van der Waals surface area contributed by atoms with Crippen LogP contribution in [0.15, 0.2) is 33.9 Å². The summed E-state index contributed by atoms with van der Waals surface area (Å²) in [5, 5.41) is 5.95.